The summed E-state index contributed by atoms with van der Waals surface area (Å²) in [5.41, 5.74) is 6.40. The highest BCUT2D eigenvalue weighted by Gasteiger charge is 2.14. The van der Waals surface area contributed by atoms with Gasteiger partial charge in [-0.3, -0.25) is 0 Å². The molecule has 0 radical (unpaired) electrons. The van der Waals surface area contributed by atoms with Gasteiger partial charge in [0.05, 0.1) is 0 Å². The van der Waals surface area contributed by atoms with Crippen molar-refractivity contribution in [2.75, 3.05) is 27.2 Å². The molecule has 0 aliphatic heterocycles. The molecule has 0 N–H and O–H groups in total. The van der Waals surface area contributed by atoms with Gasteiger partial charge in [0.15, 0.2) is 0 Å². The number of hydrogen-bond donors (Lipinski definition) is 0. The van der Waals surface area contributed by atoms with Crippen molar-refractivity contribution in [2.24, 2.45) is 0 Å². The largest absolute Gasteiger partial charge is 0.492 e. The summed E-state index contributed by atoms with van der Waals surface area (Å²) in [5.74, 6) is 0.929. The summed E-state index contributed by atoms with van der Waals surface area (Å²) in [6.45, 7) is 3.83. The summed E-state index contributed by atoms with van der Waals surface area (Å²) in [4.78, 5) is 2.13. The van der Waals surface area contributed by atoms with Crippen molar-refractivity contribution in [2.45, 2.75) is 19.8 Å². The highest BCUT2D eigenvalue weighted by molar-refractivity contribution is 5.98. The molecule has 0 heterocycles. The lowest BCUT2D eigenvalue weighted by Crippen LogP contribution is -2.19. The molecule has 150 valence electrons. The highest BCUT2D eigenvalue weighted by atomic mass is 16.5. The molecule has 0 aliphatic carbocycles. The molecule has 0 bridgehead atoms. The zero-order valence-electron chi connectivity index (χ0n) is 17.8. The Morgan fingerprint density at radius 1 is 0.759 bits per heavy atom. The molecule has 0 spiro atoms. The number of hydrogen-bond acceptors (Lipinski definition) is 2. The topological polar surface area (TPSA) is 12.5 Å². The van der Waals surface area contributed by atoms with Crippen LogP contribution in [0.4, 0.5) is 0 Å². The lowest BCUT2D eigenvalue weighted by Gasteiger charge is -2.18. The van der Waals surface area contributed by atoms with Gasteiger partial charge in [-0.2, -0.15) is 0 Å². The molecular weight excluding hydrogens is 354 g/mol. The summed E-state index contributed by atoms with van der Waals surface area (Å²) < 4.78 is 6.01. The lowest BCUT2D eigenvalue weighted by atomic mass is 9.87. The Balaban J connectivity index is 2.08. The summed E-state index contributed by atoms with van der Waals surface area (Å²) in [7, 11) is 4.13. The molecule has 29 heavy (non-hydrogen) atoms. The first kappa shape index (κ1) is 20.9. The Kier molecular flexibility index (Phi) is 7.66. The van der Waals surface area contributed by atoms with Gasteiger partial charge in [-0.1, -0.05) is 86.1 Å². The predicted octanol–water partition coefficient (Wildman–Crippen LogP) is 6.39. The Hall–Kier alpha value is -2.84. The van der Waals surface area contributed by atoms with Gasteiger partial charge in [0.25, 0.3) is 0 Å². The van der Waals surface area contributed by atoms with Gasteiger partial charge in [-0.05, 0) is 60.5 Å². The standard InChI is InChI=1S/C27H31NO/c1-4-12-26(24-17-11-18-25(21-24)29-20-19-28(2)3)27(22-13-7-5-8-14-22)23-15-9-6-10-16-23/h5-11,13-18,21H,4,12,19-20H2,1-3H3. The van der Waals surface area contributed by atoms with Crippen molar-refractivity contribution >= 4 is 11.1 Å². The van der Waals surface area contributed by atoms with E-state index in [0.717, 1.165) is 25.1 Å². The van der Waals surface area contributed by atoms with Crippen LogP contribution in [0.1, 0.15) is 36.5 Å². The first-order chi connectivity index (χ1) is 14.2. The molecular formula is C27H31NO. The molecule has 0 fully saturated rings. The smallest absolute Gasteiger partial charge is 0.119 e. The molecule has 0 atom stereocenters. The van der Waals surface area contributed by atoms with Crippen LogP contribution in [-0.4, -0.2) is 32.1 Å². The molecule has 2 heteroatoms. The second kappa shape index (κ2) is 10.6. The number of likely N-dealkylation sites (N-methyl/N-ethyl adjacent to an activating group) is 1. The van der Waals surface area contributed by atoms with Crippen molar-refractivity contribution in [3.8, 4) is 5.75 Å². The van der Waals surface area contributed by atoms with E-state index >= 15 is 0 Å². The zero-order chi connectivity index (χ0) is 20.5. The molecule has 0 saturated carbocycles. The van der Waals surface area contributed by atoms with E-state index in [-0.39, 0.29) is 0 Å². The fourth-order valence-electron chi connectivity index (χ4n) is 3.51. The molecule has 0 unspecified atom stereocenters. The minimum Gasteiger partial charge on any atom is -0.492 e. The van der Waals surface area contributed by atoms with Crippen molar-refractivity contribution < 1.29 is 4.74 Å². The fourth-order valence-corrected chi connectivity index (χ4v) is 3.51. The molecule has 2 nitrogen and oxygen atoms in total. The van der Waals surface area contributed by atoms with Crippen LogP contribution in [0.5, 0.6) is 5.75 Å². The number of nitrogens with zero attached hydrogens (tertiary/aromatic N) is 1. The zero-order valence-corrected chi connectivity index (χ0v) is 17.8. The highest BCUT2D eigenvalue weighted by Crippen LogP contribution is 2.36. The first-order valence-electron chi connectivity index (χ1n) is 10.4. The third-order valence-corrected chi connectivity index (χ3v) is 4.92. The molecule has 3 rings (SSSR count). The Morgan fingerprint density at radius 3 is 1.90 bits per heavy atom. The van der Waals surface area contributed by atoms with Gasteiger partial charge in [0.2, 0.25) is 0 Å². The van der Waals surface area contributed by atoms with Crippen molar-refractivity contribution in [1.82, 2.24) is 4.90 Å². The number of rotatable bonds is 9. The van der Waals surface area contributed by atoms with E-state index in [1.165, 1.54) is 27.8 Å². The molecule has 0 aromatic heterocycles. The maximum atomic E-state index is 6.01. The summed E-state index contributed by atoms with van der Waals surface area (Å²) >= 11 is 0. The summed E-state index contributed by atoms with van der Waals surface area (Å²) in [6, 6.07) is 30.0. The van der Waals surface area contributed by atoms with Crippen LogP contribution >= 0.6 is 0 Å². The lowest BCUT2D eigenvalue weighted by molar-refractivity contribution is 0.261. The van der Waals surface area contributed by atoms with Crippen molar-refractivity contribution in [1.29, 1.82) is 0 Å². The van der Waals surface area contributed by atoms with Gasteiger partial charge in [-0.25, -0.2) is 0 Å². The SMILES string of the molecule is CCCC(=C(c1ccccc1)c1ccccc1)c1cccc(OCCN(C)C)c1. The van der Waals surface area contributed by atoms with Crippen molar-refractivity contribution in [3.05, 3.63) is 102 Å². The third kappa shape index (κ3) is 5.82. The van der Waals surface area contributed by atoms with Crippen LogP contribution in [0.25, 0.3) is 11.1 Å². The van der Waals surface area contributed by atoms with Crippen LogP contribution in [0.15, 0.2) is 84.9 Å². The Labute approximate surface area is 175 Å². The predicted molar refractivity (Wildman–Crippen MR) is 124 cm³/mol. The van der Waals surface area contributed by atoms with E-state index in [1.807, 2.05) is 6.07 Å². The average molecular weight is 386 g/mol. The molecule has 0 saturated heterocycles. The monoisotopic (exact) mass is 385 g/mol. The van der Waals surface area contributed by atoms with Gasteiger partial charge in [0, 0.05) is 6.54 Å². The van der Waals surface area contributed by atoms with Gasteiger partial charge < -0.3 is 9.64 Å². The van der Waals surface area contributed by atoms with Crippen molar-refractivity contribution in [3.63, 3.8) is 0 Å². The van der Waals surface area contributed by atoms with Crippen LogP contribution in [-0.2, 0) is 0 Å². The van der Waals surface area contributed by atoms with E-state index in [4.69, 9.17) is 4.74 Å². The van der Waals surface area contributed by atoms with E-state index in [9.17, 15) is 0 Å². The number of allylic oxidation sites excluding steroid dienone is 1. The summed E-state index contributed by atoms with van der Waals surface area (Å²) in [6.07, 6.45) is 2.10. The van der Waals surface area contributed by atoms with Crippen LogP contribution < -0.4 is 4.74 Å². The minimum atomic E-state index is 0.688. The average Bonchev–Trinajstić information content (AvgIpc) is 2.75. The normalized spacial score (nSPS) is 10.8. The first-order valence-corrected chi connectivity index (χ1v) is 10.4. The number of ether oxygens (including phenoxy) is 1. The second-order valence-corrected chi connectivity index (χ2v) is 7.52. The van der Waals surface area contributed by atoms with E-state index in [0.29, 0.717) is 6.61 Å². The second-order valence-electron chi connectivity index (χ2n) is 7.52. The maximum Gasteiger partial charge on any atom is 0.119 e. The van der Waals surface area contributed by atoms with E-state index in [1.54, 1.807) is 0 Å². The molecule has 0 aliphatic rings. The quantitative estimate of drug-likeness (QED) is 0.396. The molecule has 3 aromatic rings. The van der Waals surface area contributed by atoms with Crippen LogP contribution in [0.2, 0.25) is 0 Å². The van der Waals surface area contributed by atoms with Gasteiger partial charge in [-0.15, -0.1) is 0 Å². The Morgan fingerprint density at radius 2 is 1.34 bits per heavy atom. The molecule has 0 amide bonds. The molecule has 3 aromatic carbocycles. The van der Waals surface area contributed by atoms with Crippen LogP contribution in [0, 0.1) is 0 Å². The van der Waals surface area contributed by atoms with Gasteiger partial charge >= 0.3 is 0 Å². The maximum absolute atomic E-state index is 6.01. The third-order valence-electron chi connectivity index (χ3n) is 4.92. The van der Waals surface area contributed by atoms with Gasteiger partial charge in [0.1, 0.15) is 12.4 Å². The number of benzene rings is 3. The van der Waals surface area contributed by atoms with E-state index in [2.05, 4.69) is 105 Å². The minimum absolute atomic E-state index is 0.688. The fraction of sp³-hybridized carbons (Fsp3) is 0.259. The van der Waals surface area contributed by atoms with E-state index < -0.39 is 0 Å². The summed E-state index contributed by atoms with van der Waals surface area (Å²) in [5, 5.41) is 0. The van der Waals surface area contributed by atoms with Crippen LogP contribution in [0.3, 0.4) is 0 Å². The Bertz CT molecular complexity index is 872.